The van der Waals surface area contributed by atoms with Crippen LogP contribution >= 0.6 is 0 Å². The van der Waals surface area contributed by atoms with Crippen molar-refractivity contribution in [3.63, 3.8) is 0 Å². The molecular weight excluding hydrogens is 311 g/mol. The Kier molecular flexibility index (Phi) is 5.24. The molecule has 0 aliphatic rings. The fourth-order valence-corrected chi connectivity index (χ4v) is 1.91. The summed E-state index contributed by atoms with van der Waals surface area (Å²) in [5, 5.41) is 11.5. The van der Waals surface area contributed by atoms with Crippen LogP contribution in [0.25, 0.3) is 0 Å². The number of amides is 1. The number of hydrogen-bond acceptors (Lipinski definition) is 2. The Morgan fingerprint density at radius 3 is 1.96 bits per heavy atom. The van der Waals surface area contributed by atoms with E-state index in [-0.39, 0.29) is 5.57 Å². The first-order chi connectivity index (χ1) is 10.4. The molecule has 1 aromatic carbocycles. The molecule has 0 heterocycles. The van der Waals surface area contributed by atoms with Gasteiger partial charge in [-0.2, -0.15) is 13.2 Å². The lowest BCUT2D eigenvalue weighted by Gasteiger charge is -2.29. The zero-order valence-electron chi connectivity index (χ0n) is 13.0. The number of nitrogens with one attached hydrogen (secondary N) is 1. The summed E-state index contributed by atoms with van der Waals surface area (Å²) in [6, 6.07) is 4.42. The second-order valence-electron chi connectivity index (χ2n) is 5.74. The Bertz CT molecular complexity index is 618. The van der Waals surface area contributed by atoms with Crippen LogP contribution in [-0.2, 0) is 21.3 Å². The van der Waals surface area contributed by atoms with E-state index in [0.717, 1.165) is 12.1 Å². The van der Waals surface area contributed by atoms with Gasteiger partial charge < -0.3 is 10.4 Å². The van der Waals surface area contributed by atoms with Crippen LogP contribution in [-0.4, -0.2) is 17.0 Å². The summed E-state index contributed by atoms with van der Waals surface area (Å²) < 4.78 is 37.7. The molecule has 2 N–H and O–H groups in total. The molecule has 0 saturated heterocycles. The molecule has 0 aliphatic carbocycles. The largest absolute Gasteiger partial charge is 0.478 e. The maximum atomic E-state index is 12.6. The van der Waals surface area contributed by atoms with E-state index in [1.807, 2.05) is 0 Å². The van der Waals surface area contributed by atoms with Gasteiger partial charge in [-0.25, -0.2) is 4.79 Å². The predicted octanol–water partition coefficient (Wildman–Crippen LogP) is 3.33. The lowest BCUT2D eigenvalue weighted by molar-refractivity contribution is -0.137. The molecule has 1 aromatic rings. The highest BCUT2D eigenvalue weighted by Crippen LogP contribution is 2.31. The molecule has 4 nitrogen and oxygen atoms in total. The molecule has 7 heteroatoms. The van der Waals surface area contributed by atoms with Crippen LogP contribution in [0.5, 0.6) is 0 Å². The zero-order chi connectivity index (χ0) is 18.0. The average Bonchev–Trinajstić information content (AvgIpc) is 2.44. The van der Waals surface area contributed by atoms with Crippen LogP contribution in [0, 0.1) is 5.92 Å². The summed E-state index contributed by atoms with van der Waals surface area (Å²) in [6.45, 7) is 7.96. The van der Waals surface area contributed by atoms with Crippen molar-refractivity contribution in [2.75, 3.05) is 0 Å². The third-order valence-corrected chi connectivity index (χ3v) is 3.56. The summed E-state index contributed by atoms with van der Waals surface area (Å²) in [4.78, 5) is 22.9. The van der Waals surface area contributed by atoms with Gasteiger partial charge in [-0.05, 0) is 38.5 Å². The van der Waals surface area contributed by atoms with E-state index in [1.54, 1.807) is 13.8 Å². The van der Waals surface area contributed by atoms with Crippen LogP contribution in [0.15, 0.2) is 36.4 Å². The second-order valence-corrected chi connectivity index (χ2v) is 5.74. The van der Waals surface area contributed by atoms with Gasteiger partial charge in [0, 0.05) is 5.57 Å². The van der Waals surface area contributed by atoms with E-state index in [2.05, 4.69) is 11.9 Å². The van der Waals surface area contributed by atoms with Gasteiger partial charge in [0.2, 0.25) is 5.91 Å². The van der Waals surface area contributed by atoms with Crippen molar-refractivity contribution < 1.29 is 27.9 Å². The number of hydrogen-bond donors (Lipinski definition) is 2. The molecule has 0 aliphatic heterocycles. The third-order valence-electron chi connectivity index (χ3n) is 3.56. The molecule has 1 atom stereocenters. The van der Waals surface area contributed by atoms with Crippen LogP contribution in [0.3, 0.4) is 0 Å². The van der Waals surface area contributed by atoms with Gasteiger partial charge in [0.1, 0.15) is 0 Å². The van der Waals surface area contributed by atoms with Crippen molar-refractivity contribution in [3.8, 4) is 0 Å². The highest BCUT2D eigenvalue weighted by atomic mass is 19.4. The molecule has 23 heavy (non-hydrogen) atoms. The van der Waals surface area contributed by atoms with E-state index >= 15 is 0 Å². The lowest BCUT2D eigenvalue weighted by Crippen LogP contribution is -2.44. The summed E-state index contributed by atoms with van der Waals surface area (Å²) in [5.41, 5.74) is -1.54. The number of carbonyl (C=O) groups is 2. The Hall–Kier alpha value is -2.31. The fourth-order valence-electron chi connectivity index (χ4n) is 1.91. The van der Waals surface area contributed by atoms with E-state index in [4.69, 9.17) is 5.11 Å². The first-order valence-corrected chi connectivity index (χ1v) is 6.78. The Morgan fingerprint density at radius 1 is 1.13 bits per heavy atom. The van der Waals surface area contributed by atoms with E-state index in [9.17, 15) is 22.8 Å². The molecule has 0 spiro atoms. The molecule has 0 radical (unpaired) electrons. The molecule has 0 saturated carbocycles. The number of aliphatic carboxylic acids is 1. The molecular formula is C16H18F3NO3. The van der Waals surface area contributed by atoms with Crippen molar-refractivity contribution in [2.24, 2.45) is 5.92 Å². The number of alkyl halides is 3. The minimum absolute atomic E-state index is 0.259. The molecule has 1 rings (SSSR count). The number of carboxylic acid groups (broad SMARTS) is 1. The third kappa shape index (κ3) is 4.58. The summed E-state index contributed by atoms with van der Waals surface area (Å²) in [6.07, 6.45) is -4.43. The first kappa shape index (κ1) is 18.7. The maximum absolute atomic E-state index is 12.6. The zero-order valence-corrected chi connectivity index (χ0v) is 13.0. The standard InChI is InChI=1S/C16H18F3NO3/c1-9(10(2)14(22)23)13(21)20-15(3,4)11-5-7-12(8-6-11)16(17,18)19/h5-9H,2H2,1,3-4H3,(H,20,21)(H,22,23)/t9-/m0/s1. The predicted molar refractivity (Wildman–Crippen MR) is 78.6 cm³/mol. The number of rotatable bonds is 5. The van der Waals surface area contributed by atoms with Gasteiger partial charge in [0.25, 0.3) is 0 Å². The van der Waals surface area contributed by atoms with Gasteiger partial charge in [-0.1, -0.05) is 18.7 Å². The maximum Gasteiger partial charge on any atom is 0.416 e. The van der Waals surface area contributed by atoms with Crippen LogP contribution in [0.4, 0.5) is 13.2 Å². The molecule has 126 valence electrons. The molecule has 0 aromatic heterocycles. The molecule has 1 amide bonds. The summed E-state index contributed by atoms with van der Waals surface area (Å²) >= 11 is 0. The average molecular weight is 329 g/mol. The van der Waals surface area contributed by atoms with Gasteiger partial charge in [0.05, 0.1) is 17.0 Å². The minimum atomic E-state index is -4.43. The number of halogens is 3. The minimum Gasteiger partial charge on any atom is -0.478 e. The van der Waals surface area contributed by atoms with E-state index < -0.39 is 35.1 Å². The molecule has 0 unspecified atom stereocenters. The van der Waals surface area contributed by atoms with Crippen LogP contribution in [0.2, 0.25) is 0 Å². The lowest BCUT2D eigenvalue weighted by atomic mass is 9.91. The van der Waals surface area contributed by atoms with Crippen molar-refractivity contribution in [1.29, 1.82) is 0 Å². The van der Waals surface area contributed by atoms with Crippen LogP contribution in [0.1, 0.15) is 31.9 Å². The molecule has 0 fully saturated rings. The Labute approximate surface area is 132 Å². The van der Waals surface area contributed by atoms with Crippen molar-refractivity contribution in [1.82, 2.24) is 5.32 Å². The number of carboxylic acids is 1. The summed E-state index contributed by atoms with van der Waals surface area (Å²) in [5.74, 6) is -2.80. The summed E-state index contributed by atoms with van der Waals surface area (Å²) in [7, 11) is 0. The van der Waals surface area contributed by atoms with Gasteiger partial charge >= 0.3 is 12.1 Å². The quantitative estimate of drug-likeness (QED) is 0.814. The normalized spacial score (nSPS) is 13.3. The first-order valence-electron chi connectivity index (χ1n) is 6.78. The van der Waals surface area contributed by atoms with Crippen molar-refractivity contribution in [2.45, 2.75) is 32.5 Å². The smallest absolute Gasteiger partial charge is 0.416 e. The van der Waals surface area contributed by atoms with E-state index in [1.165, 1.54) is 19.1 Å². The Balaban J connectivity index is 2.93. The highest BCUT2D eigenvalue weighted by Gasteiger charge is 2.32. The monoisotopic (exact) mass is 329 g/mol. The molecule has 0 bridgehead atoms. The van der Waals surface area contributed by atoms with Gasteiger partial charge in [-0.3, -0.25) is 4.79 Å². The van der Waals surface area contributed by atoms with Crippen LogP contribution < -0.4 is 5.32 Å². The van der Waals surface area contributed by atoms with Gasteiger partial charge in [-0.15, -0.1) is 0 Å². The topological polar surface area (TPSA) is 66.4 Å². The van der Waals surface area contributed by atoms with Crippen molar-refractivity contribution >= 4 is 11.9 Å². The highest BCUT2D eigenvalue weighted by molar-refractivity contribution is 5.95. The number of carbonyl (C=O) groups excluding carboxylic acids is 1. The Morgan fingerprint density at radius 2 is 1.57 bits per heavy atom. The number of benzene rings is 1. The van der Waals surface area contributed by atoms with Crippen molar-refractivity contribution in [3.05, 3.63) is 47.5 Å². The second kappa shape index (κ2) is 6.44. The van der Waals surface area contributed by atoms with E-state index in [0.29, 0.717) is 5.56 Å². The van der Waals surface area contributed by atoms with Gasteiger partial charge in [0.15, 0.2) is 0 Å². The fraction of sp³-hybridized carbons (Fsp3) is 0.375. The SMILES string of the molecule is C=C(C(=O)O)[C@H](C)C(=O)NC(C)(C)c1ccc(C(F)(F)F)cc1.